The van der Waals surface area contributed by atoms with Gasteiger partial charge in [-0.2, -0.15) is 0 Å². The number of rotatable bonds is 46. The van der Waals surface area contributed by atoms with Crippen LogP contribution in [0.3, 0.4) is 0 Å². The van der Waals surface area contributed by atoms with E-state index in [-0.39, 0.29) is 38.2 Å². The SMILES string of the molecule is CC(C)[C@H](NC(=O)[C@H](Cc1ccccc1)NC(=O)[C@@H](N)CCC(=O)O)C(=O)N[C@@H](CO)C(=O)N[C@@H](CCC(=O)O)C(=O)N[C@H](C(=O)N[C@@H](CCC(=O)O)C(=O)N[C@@H](CO)C(=O)N[C@@H](CCCN=C(N)N)C(=O)NCC(=O)N[C@@H](CO)C(=O)N[C@@H](CCC(=O)O)C(=O)O)[C@@H](C)O. The largest absolute Gasteiger partial charge is 0.481 e. The summed E-state index contributed by atoms with van der Waals surface area (Å²) in [7, 11) is 0. The number of carboxylic acid groups (broad SMARTS) is 5. The van der Waals surface area contributed by atoms with Crippen molar-refractivity contribution >= 4 is 101 Å². The molecule has 0 aromatic heterocycles. The van der Waals surface area contributed by atoms with Gasteiger partial charge in [0.05, 0.1) is 38.5 Å². The van der Waals surface area contributed by atoms with Gasteiger partial charge in [-0.1, -0.05) is 44.2 Å². The molecule has 0 aliphatic rings. The number of hydrogen-bond acceptors (Lipinski definition) is 22. The molecule has 0 saturated heterocycles. The van der Waals surface area contributed by atoms with Gasteiger partial charge in [-0.15, -0.1) is 0 Å². The van der Waals surface area contributed by atoms with Gasteiger partial charge in [0.1, 0.15) is 60.4 Å². The third-order valence-corrected chi connectivity index (χ3v) is 13.5. The number of aliphatic imine (C=N–C) groups is 1. The number of benzene rings is 1. The Morgan fingerprint density at radius 2 is 0.800 bits per heavy atom. The molecule has 0 spiro atoms. The molecule has 0 aliphatic heterocycles. The Morgan fingerprint density at radius 3 is 1.25 bits per heavy atom. The second kappa shape index (κ2) is 42.9. The van der Waals surface area contributed by atoms with Crippen molar-refractivity contribution in [3.8, 4) is 0 Å². The molecule has 95 heavy (non-hydrogen) atoms. The van der Waals surface area contributed by atoms with Gasteiger partial charge in [-0.3, -0.25) is 76.9 Å². The van der Waals surface area contributed by atoms with Gasteiger partial charge in [0.25, 0.3) is 0 Å². The molecule has 0 aliphatic carbocycles. The lowest BCUT2D eigenvalue weighted by Gasteiger charge is -2.29. The highest BCUT2D eigenvalue weighted by atomic mass is 16.4. The fourth-order valence-electron chi connectivity index (χ4n) is 8.30. The fourth-order valence-corrected chi connectivity index (χ4v) is 8.30. The maximum atomic E-state index is 13.9. The first kappa shape index (κ1) is 82.8. The van der Waals surface area contributed by atoms with Crippen molar-refractivity contribution in [2.75, 3.05) is 32.9 Å². The first-order valence-corrected chi connectivity index (χ1v) is 29.3. The minimum absolute atomic E-state index is 0.0706. The zero-order valence-corrected chi connectivity index (χ0v) is 51.9. The summed E-state index contributed by atoms with van der Waals surface area (Å²) in [5.74, 6) is -21.9. The molecule has 40 nitrogen and oxygen atoms in total. The summed E-state index contributed by atoms with van der Waals surface area (Å²) in [4.78, 5) is 209. The van der Waals surface area contributed by atoms with E-state index in [1.807, 2.05) is 10.6 Å². The lowest BCUT2D eigenvalue weighted by Crippen LogP contribution is -2.62. The Balaban J connectivity index is 3.40. The molecule has 26 N–H and O–H groups in total. The van der Waals surface area contributed by atoms with Crippen molar-refractivity contribution in [3.05, 3.63) is 35.9 Å². The Labute approximate surface area is 541 Å². The summed E-state index contributed by atoms with van der Waals surface area (Å²) in [6, 6.07) is -11.4. The highest BCUT2D eigenvalue weighted by Crippen LogP contribution is 2.11. The van der Waals surface area contributed by atoms with Crippen LogP contribution in [-0.2, 0) is 83.1 Å². The highest BCUT2D eigenvalue weighted by Gasteiger charge is 2.38. The zero-order valence-electron chi connectivity index (χ0n) is 51.9. The van der Waals surface area contributed by atoms with E-state index in [4.69, 9.17) is 27.4 Å². The van der Waals surface area contributed by atoms with E-state index in [1.54, 1.807) is 30.3 Å². The number of carboxylic acids is 5. The maximum Gasteiger partial charge on any atom is 0.326 e. The third kappa shape index (κ3) is 32.3. The van der Waals surface area contributed by atoms with E-state index in [0.717, 1.165) is 6.92 Å². The van der Waals surface area contributed by atoms with Crippen molar-refractivity contribution in [1.29, 1.82) is 0 Å². The van der Waals surface area contributed by atoms with E-state index in [2.05, 4.69) is 52.8 Å². The number of nitrogens with one attached hydrogen (secondary N) is 11. The first-order valence-electron chi connectivity index (χ1n) is 29.3. The smallest absolute Gasteiger partial charge is 0.326 e. The second-order valence-corrected chi connectivity index (χ2v) is 21.6. The number of amides is 11. The minimum atomic E-state index is -2.14. The van der Waals surface area contributed by atoms with Crippen LogP contribution in [0.5, 0.6) is 0 Å². The fraction of sp³-hybridized carbons (Fsp3) is 0.582. The van der Waals surface area contributed by atoms with E-state index < -0.39 is 245 Å². The molecular formula is C55H85N15O25. The van der Waals surface area contributed by atoms with Gasteiger partial charge in [-0.25, -0.2) is 4.79 Å². The summed E-state index contributed by atoms with van der Waals surface area (Å²) < 4.78 is 0. The summed E-state index contributed by atoms with van der Waals surface area (Å²) in [5.41, 5.74) is 17.1. The molecule has 40 heteroatoms. The topological polar surface area (TPSA) is 678 Å². The molecule has 530 valence electrons. The molecule has 12 atom stereocenters. The summed E-state index contributed by atoms with van der Waals surface area (Å²) >= 11 is 0. The Bertz CT molecular complexity index is 2880. The average molecular weight is 1360 g/mol. The number of hydrogen-bond donors (Lipinski definition) is 23. The normalized spacial score (nSPS) is 14.7. The Hall–Kier alpha value is -10.2. The Kier molecular flexibility index (Phi) is 37.4. The Morgan fingerprint density at radius 1 is 0.432 bits per heavy atom. The van der Waals surface area contributed by atoms with Crippen LogP contribution >= 0.6 is 0 Å². The van der Waals surface area contributed by atoms with Crippen molar-refractivity contribution in [3.63, 3.8) is 0 Å². The number of nitrogens with two attached hydrogens (primary N) is 3. The van der Waals surface area contributed by atoms with Crippen LogP contribution in [0.4, 0.5) is 0 Å². The van der Waals surface area contributed by atoms with Crippen molar-refractivity contribution in [2.45, 2.75) is 164 Å². The quantitative estimate of drug-likeness (QED) is 0.0164. The number of guanidine groups is 1. The third-order valence-electron chi connectivity index (χ3n) is 13.5. The zero-order chi connectivity index (χ0) is 72.2. The molecule has 0 unspecified atom stereocenters. The van der Waals surface area contributed by atoms with Crippen molar-refractivity contribution < 1.29 is 123 Å². The molecule has 0 saturated carbocycles. The van der Waals surface area contributed by atoms with Gasteiger partial charge < -0.3 is 122 Å². The second-order valence-electron chi connectivity index (χ2n) is 21.6. The number of carbonyl (C=O) groups is 16. The molecule has 0 heterocycles. The number of aliphatic carboxylic acids is 5. The number of aliphatic hydroxyl groups excluding tert-OH is 4. The van der Waals surface area contributed by atoms with Crippen molar-refractivity contribution in [1.82, 2.24) is 58.5 Å². The van der Waals surface area contributed by atoms with Gasteiger partial charge in [0, 0.05) is 38.6 Å². The molecule has 1 rings (SSSR count). The van der Waals surface area contributed by atoms with Crippen LogP contribution < -0.4 is 75.7 Å². The summed E-state index contributed by atoms with van der Waals surface area (Å²) in [5, 5.41) is 111. The van der Waals surface area contributed by atoms with Crippen LogP contribution in [-0.4, -0.2) is 252 Å². The molecular weight excluding hydrogens is 1270 g/mol. The van der Waals surface area contributed by atoms with E-state index in [9.17, 15) is 112 Å². The highest BCUT2D eigenvalue weighted by molar-refractivity contribution is 5.99. The van der Waals surface area contributed by atoms with Gasteiger partial charge in [0.2, 0.25) is 65.0 Å². The first-order chi connectivity index (χ1) is 44.5. The van der Waals surface area contributed by atoms with Crippen LogP contribution in [0.1, 0.15) is 90.5 Å². The minimum Gasteiger partial charge on any atom is -0.481 e. The van der Waals surface area contributed by atoms with Crippen molar-refractivity contribution in [2.24, 2.45) is 28.1 Å². The molecule has 0 bridgehead atoms. The predicted octanol–water partition coefficient (Wildman–Crippen LogP) is -9.87. The lowest BCUT2D eigenvalue weighted by molar-refractivity contribution is -0.144. The number of aliphatic hydroxyl groups is 4. The van der Waals surface area contributed by atoms with Gasteiger partial charge in [-0.05, 0) is 56.9 Å². The summed E-state index contributed by atoms with van der Waals surface area (Å²) in [6.45, 7) is -0.796. The van der Waals surface area contributed by atoms with E-state index in [1.165, 1.54) is 13.8 Å². The molecule has 0 fully saturated rings. The molecule has 1 aromatic rings. The summed E-state index contributed by atoms with van der Waals surface area (Å²) in [6.07, 6.45) is -7.81. The predicted molar refractivity (Wildman–Crippen MR) is 323 cm³/mol. The van der Waals surface area contributed by atoms with Crippen LogP contribution in [0.15, 0.2) is 35.3 Å². The van der Waals surface area contributed by atoms with Gasteiger partial charge >= 0.3 is 29.8 Å². The monoisotopic (exact) mass is 1360 g/mol. The lowest BCUT2D eigenvalue weighted by atomic mass is 10.00. The number of carbonyl (C=O) groups excluding carboxylic acids is 11. The standard InChI is InChI=1S/C55H85N15O25/c1-25(2)42(69-48(88)33(20-27-8-5-4-6-9-27)66-44(84)28(56)11-15-38(76)77)52(92)68-36(24-73)51(91)63-31(13-17-40(80)81)47(87)70-43(26(3)74)53(93)64-30(12-16-39(78)79)46(86)67-35(23-72)50(90)62-29(10-7-19-59-55(57)58)45(85)60-21-37(75)61-34(22-71)49(89)65-32(54(94)95)14-18-41(82)83/h4-6,8-9,25-26,28-36,42-43,71-74H,7,10-24,56H2,1-3H3,(H,60,85)(H,61,75)(H,62,90)(H,63,91)(H,64,93)(H,65,89)(H,66,84)(H,67,86)(H,68,92)(H,69,88)(H,70,87)(H,76,77)(H,78,79)(H,80,81)(H,82,83)(H,94,95)(H4,57,58,59)/t26-,28+,29+,30+,31+,32+,33+,34+,35+,36+,42+,43+/m1/s1. The molecule has 11 amide bonds. The van der Waals surface area contributed by atoms with E-state index in [0.29, 0.717) is 5.56 Å². The maximum absolute atomic E-state index is 13.9. The average Bonchev–Trinajstić information content (AvgIpc) is 1.07. The van der Waals surface area contributed by atoms with Crippen LogP contribution in [0, 0.1) is 5.92 Å². The molecule has 1 aromatic carbocycles. The van der Waals surface area contributed by atoms with Crippen LogP contribution in [0.25, 0.3) is 0 Å². The number of nitrogens with zero attached hydrogens (tertiary/aromatic N) is 1. The molecule has 0 radical (unpaired) electrons. The van der Waals surface area contributed by atoms with Gasteiger partial charge in [0.15, 0.2) is 5.96 Å². The van der Waals surface area contributed by atoms with Crippen LogP contribution in [0.2, 0.25) is 0 Å². The van der Waals surface area contributed by atoms with E-state index >= 15 is 0 Å².